The zero-order valence-electron chi connectivity index (χ0n) is 14.0. The lowest BCUT2D eigenvalue weighted by Crippen LogP contribution is -2.79. The van der Waals surface area contributed by atoms with E-state index in [4.69, 9.17) is 9.47 Å². The van der Waals surface area contributed by atoms with Crippen LogP contribution in [-0.2, 0) is 11.8 Å². The molecule has 1 unspecified atom stereocenters. The zero-order chi connectivity index (χ0) is 16.9. The van der Waals surface area contributed by atoms with E-state index in [0.717, 1.165) is 11.1 Å². The maximum atomic E-state index is 13.1. The van der Waals surface area contributed by atoms with Crippen LogP contribution in [0, 0.1) is 5.21 Å². The molecule has 6 nitrogen and oxygen atoms in total. The van der Waals surface area contributed by atoms with Gasteiger partial charge in [-0.05, 0) is 24.5 Å². The van der Waals surface area contributed by atoms with Gasteiger partial charge in [0.25, 0.3) is 0 Å². The van der Waals surface area contributed by atoms with Crippen molar-refractivity contribution in [2.24, 2.45) is 0 Å². The third kappa shape index (κ3) is 1.39. The van der Waals surface area contributed by atoms with Crippen molar-refractivity contribution in [1.29, 1.82) is 0 Å². The number of aliphatic hydroxyl groups excluding tert-OH is 1. The van der Waals surface area contributed by atoms with Crippen LogP contribution in [0.4, 0.5) is 0 Å². The van der Waals surface area contributed by atoms with Crippen LogP contribution < -0.4 is 9.47 Å². The molecule has 0 radical (unpaired) electrons. The fraction of sp³-hybridized carbons (Fsp3) is 0.667. The number of hydrogen-bond acceptors (Lipinski definition) is 5. The lowest BCUT2D eigenvalue weighted by atomic mass is 9.48. The Morgan fingerprint density at radius 2 is 2.17 bits per heavy atom. The van der Waals surface area contributed by atoms with Gasteiger partial charge >= 0.3 is 0 Å². The molecular formula is C18H23NO5. The van der Waals surface area contributed by atoms with Crippen molar-refractivity contribution in [2.75, 3.05) is 20.7 Å². The summed E-state index contributed by atoms with van der Waals surface area (Å²) < 4.78 is 11.2. The molecule has 0 amide bonds. The van der Waals surface area contributed by atoms with E-state index in [1.807, 2.05) is 12.1 Å². The largest absolute Gasteiger partial charge is 0.633 e. The summed E-state index contributed by atoms with van der Waals surface area (Å²) in [4.78, 5) is 0. The van der Waals surface area contributed by atoms with Gasteiger partial charge in [-0.2, -0.15) is 0 Å². The molecule has 5 rings (SSSR count). The highest BCUT2D eigenvalue weighted by atomic mass is 16.6. The first-order valence-corrected chi connectivity index (χ1v) is 8.69. The minimum atomic E-state index is -1.14. The van der Waals surface area contributed by atoms with Gasteiger partial charge in [0.05, 0.1) is 32.2 Å². The molecule has 2 heterocycles. The van der Waals surface area contributed by atoms with Gasteiger partial charge in [0.2, 0.25) is 0 Å². The highest BCUT2D eigenvalue weighted by Crippen LogP contribution is 2.66. The first kappa shape index (κ1) is 15.0. The van der Waals surface area contributed by atoms with Gasteiger partial charge in [-0.3, -0.25) is 0 Å². The summed E-state index contributed by atoms with van der Waals surface area (Å²) in [5.74, 6) is 1.29. The summed E-state index contributed by atoms with van der Waals surface area (Å²) in [6.07, 6.45) is 0.795. The molecule has 1 spiro atoms. The molecule has 6 atom stereocenters. The summed E-state index contributed by atoms with van der Waals surface area (Å²) in [5.41, 5.74) is 0.187. The summed E-state index contributed by atoms with van der Waals surface area (Å²) in [6, 6.07) is 3.44. The van der Waals surface area contributed by atoms with Gasteiger partial charge in [0.1, 0.15) is 17.7 Å². The van der Waals surface area contributed by atoms with E-state index < -0.39 is 33.9 Å². The average Bonchev–Trinajstić information content (AvgIpc) is 2.90. The fourth-order valence-electron chi connectivity index (χ4n) is 6.05. The standard InChI is InChI=1S/C18H23NO5/c1-19(22)8-7-17-14-10-3-4-12(23-2)15(14)24-16(17)11(20)5-6-18(17,21)13(19)9-10/h3-4,11,13,16,20-21H,5-9H2,1-2H3/t11-,13-,16+,17+,18-,19?/m1/s1. The minimum Gasteiger partial charge on any atom is -0.633 e. The van der Waals surface area contributed by atoms with E-state index in [1.54, 1.807) is 14.2 Å². The van der Waals surface area contributed by atoms with Gasteiger partial charge in [-0.1, -0.05) is 6.07 Å². The fourth-order valence-corrected chi connectivity index (χ4v) is 6.05. The molecule has 1 saturated heterocycles. The number of quaternary nitrogens is 1. The maximum Gasteiger partial charge on any atom is 0.166 e. The van der Waals surface area contributed by atoms with Crippen LogP contribution in [0.3, 0.4) is 0 Å². The number of hydrogen-bond donors (Lipinski definition) is 2. The Balaban J connectivity index is 1.84. The van der Waals surface area contributed by atoms with Gasteiger partial charge in [0, 0.05) is 18.4 Å². The quantitative estimate of drug-likeness (QED) is 0.588. The molecule has 130 valence electrons. The SMILES string of the molecule is COc1ccc2c3c1O[C@H]1[C@H](O)CC[C@@]4(O)[C@@H](C2)[N+](C)([O-])CC[C@]314. The number of benzene rings is 1. The predicted molar refractivity (Wildman–Crippen MR) is 85.8 cm³/mol. The van der Waals surface area contributed by atoms with E-state index in [9.17, 15) is 15.4 Å². The zero-order valence-corrected chi connectivity index (χ0v) is 14.0. The number of hydroxylamine groups is 3. The van der Waals surface area contributed by atoms with E-state index in [1.165, 1.54) is 0 Å². The Hall–Kier alpha value is -1.34. The van der Waals surface area contributed by atoms with Crippen molar-refractivity contribution in [1.82, 2.24) is 0 Å². The highest BCUT2D eigenvalue weighted by Gasteiger charge is 2.75. The van der Waals surface area contributed by atoms with Crippen LogP contribution in [-0.4, -0.2) is 59.4 Å². The average molecular weight is 333 g/mol. The van der Waals surface area contributed by atoms with Crippen LogP contribution in [0.5, 0.6) is 11.5 Å². The molecule has 2 aliphatic carbocycles. The van der Waals surface area contributed by atoms with Crippen LogP contribution in [0.15, 0.2) is 12.1 Å². The smallest absolute Gasteiger partial charge is 0.166 e. The number of likely N-dealkylation sites (tertiary alicyclic amines) is 1. The van der Waals surface area contributed by atoms with Crippen molar-refractivity contribution < 1.29 is 24.3 Å². The summed E-state index contributed by atoms with van der Waals surface area (Å²) in [7, 11) is 3.27. The predicted octanol–water partition coefficient (Wildman–Crippen LogP) is 0.853. The molecule has 4 aliphatic rings. The molecule has 1 aromatic rings. The molecule has 0 aromatic heterocycles. The lowest BCUT2D eigenvalue weighted by molar-refractivity contribution is -0.904. The molecular weight excluding hydrogens is 310 g/mol. The summed E-state index contributed by atoms with van der Waals surface area (Å²) in [6.45, 7) is 0.426. The first-order chi connectivity index (χ1) is 11.3. The van der Waals surface area contributed by atoms with Gasteiger partial charge in [-0.25, -0.2) is 0 Å². The van der Waals surface area contributed by atoms with Crippen molar-refractivity contribution in [3.63, 3.8) is 0 Å². The molecule has 1 saturated carbocycles. The van der Waals surface area contributed by atoms with E-state index in [-0.39, 0.29) is 0 Å². The van der Waals surface area contributed by atoms with Gasteiger partial charge in [-0.15, -0.1) is 0 Å². The normalized spacial score (nSPS) is 47.8. The second kappa shape index (κ2) is 4.25. The maximum absolute atomic E-state index is 13.1. The Morgan fingerprint density at radius 1 is 1.38 bits per heavy atom. The minimum absolute atomic E-state index is 0.420. The van der Waals surface area contributed by atoms with Gasteiger partial charge < -0.3 is 29.5 Å². The van der Waals surface area contributed by atoms with Crippen LogP contribution >= 0.6 is 0 Å². The Kier molecular flexibility index (Phi) is 2.65. The number of nitrogens with zero attached hydrogens (tertiary/aromatic N) is 1. The van der Waals surface area contributed by atoms with Crippen molar-refractivity contribution in [3.8, 4) is 11.5 Å². The molecule has 6 heteroatoms. The number of rotatable bonds is 1. The van der Waals surface area contributed by atoms with Crippen LogP contribution in [0.1, 0.15) is 30.4 Å². The number of ether oxygens (including phenoxy) is 2. The first-order valence-electron chi connectivity index (χ1n) is 8.69. The molecule has 24 heavy (non-hydrogen) atoms. The Morgan fingerprint density at radius 3 is 2.92 bits per heavy atom. The molecule has 2 aliphatic heterocycles. The molecule has 2 N–H and O–H groups in total. The number of aliphatic hydroxyl groups is 2. The van der Waals surface area contributed by atoms with Crippen LogP contribution in [0.2, 0.25) is 0 Å². The van der Waals surface area contributed by atoms with E-state index in [2.05, 4.69) is 0 Å². The van der Waals surface area contributed by atoms with Crippen LogP contribution in [0.25, 0.3) is 0 Å². The van der Waals surface area contributed by atoms with E-state index in [0.29, 0.717) is 43.7 Å². The lowest BCUT2D eigenvalue weighted by Gasteiger charge is -2.66. The number of likely N-dealkylation sites (N-methyl/N-ethyl adjacent to an activating group) is 1. The third-order valence-electron chi connectivity index (χ3n) is 7.12. The third-order valence-corrected chi connectivity index (χ3v) is 7.12. The van der Waals surface area contributed by atoms with Crippen molar-refractivity contribution >= 4 is 0 Å². The highest BCUT2D eigenvalue weighted by molar-refractivity contribution is 5.62. The summed E-state index contributed by atoms with van der Waals surface area (Å²) in [5, 5.41) is 35.5. The van der Waals surface area contributed by atoms with E-state index >= 15 is 0 Å². The monoisotopic (exact) mass is 333 g/mol. The van der Waals surface area contributed by atoms with Gasteiger partial charge in [0.15, 0.2) is 11.5 Å². The Labute approximate surface area is 140 Å². The topological polar surface area (TPSA) is 82.0 Å². The van der Waals surface area contributed by atoms with Crippen molar-refractivity contribution in [2.45, 2.75) is 54.9 Å². The number of piperidine rings is 1. The molecule has 1 aromatic carbocycles. The molecule has 2 fully saturated rings. The Bertz CT molecular complexity index is 734. The summed E-state index contributed by atoms with van der Waals surface area (Å²) >= 11 is 0. The second-order valence-electron chi connectivity index (χ2n) is 8.04. The number of methoxy groups -OCH3 is 1. The van der Waals surface area contributed by atoms with Crippen molar-refractivity contribution in [3.05, 3.63) is 28.5 Å². The molecule has 2 bridgehead atoms. The second-order valence-corrected chi connectivity index (χ2v) is 8.04.